The van der Waals surface area contributed by atoms with Gasteiger partial charge in [0.15, 0.2) is 6.61 Å². The first-order valence-corrected chi connectivity index (χ1v) is 9.09. The summed E-state index contributed by atoms with van der Waals surface area (Å²) in [5.41, 5.74) is 5.21. The number of hydrogen-bond donors (Lipinski definition) is 2. The van der Waals surface area contributed by atoms with Gasteiger partial charge in [0, 0.05) is 11.3 Å². The second-order valence-corrected chi connectivity index (χ2v) is 6.23. The first kappa shape index (κ1) is 19.8. The Bertz CT molecular complexity index is 985. The summed E-state index contributed by atoms with van der Waals surface area (Å²) < 4.78 is 5.42. The monoisotopic (exact) mass is 387 g/mol. The molecule has 0 bridgehead atoms. The number of hydrazone groups is 1. The summed E-state index contributed by atoms with van der Waals surface area (Å²) in [5.74, 6) is 0.122. The standard InChI is InChI=1S/C23H21N3O3/c1-17(25-26-23(28)19-8-4-2-5-9-19)18-12-14-20(15-13-18)24-22(27)16-29-21-10-6-3-7-11-21/h2-15H,16H2,1H3,(H,24,27)(H,26,28). The van der Waals surface area contributed by atoms with Crippen LogP contribution < -0.4 is 15.5 Å². The molecule has 0 aliphatic carbocycles. The van der Waals surface area contributed by atoms with Crippen LogP contribution in [0.4, 0.5) is 5.69 Å². The van der Waals surface area contributed by atoms with Gasteiger partial charge in [0.1, 0.15) is 5.75 Å². The molecule has 0 fully saturated rings. The molecule has 0 saturated heterocycles. The van der Waals surface area contributed by atoms with Crippen molar-refractivity contribution in [3.63, 3.8) is 0 Å². The van der Waals surface area contributed by atoms with Gasteiger partial charge < -0.3 is 10.1 Å². The van der Waals surface area contributed by atoms with Crippen molar-refractivity contribution < 1.29 is 14.3 Å². The lowest BCUT2D eigenvalue weighted by Gasteiger charge is -2.08. The SMILES string of the molecule is CC(=NNC(=O)c1ccccc1)c1ccc(NC(=O)COc2ccccc2)cc1. The highest BCUT2D eigenvalue weighted by atomic mass is 16.5. The minimum absolute atomic E-state index is 0.0717. The third kappa shape index (κ3) is 6.04. The van der Waals surface area contributed by atoms with Crippen molar-refractivity contribution in [3.8, 4) is 5.75 Å². The van der Waals surface area contributed by atoms with Crippen LogP contribution >= 0.6 is 0 Å². The van der Waals surface area contributed by atoms with Crippen LogP contribution in [0.3, 0.4) is 0 Å². The lowest BCUT2D eigenvalue weighted by molar-refractivity contribution is -0.118. The molecule has 0 atom stereocenters. The molecule has 0 saturated carbocycles. The third-order valence-corrected chi connectivity index (χ3v) is 4.06. The lowest BCUT2D eigenvalue weighted by atomic mass is 10.1. The van der Waals surface area contributed by atoms with Crippen LogP contribution in [0.2, 0.25) is 0 Å². The fourth-order valence-electron chi connectivity index (χ4n) is 2.51. The number of ether oxygens (including phenoxy) is 1. The number of benzene rings is 3. The predicted molar refractivity (Wildman–Crippen MR) is 113 cm³/mol. The third-order valence-electron chi connectivity index (χ3n) is 4.06. The highest BCUT2D eigenvalue weighted by Crippen LogP contribution is 2.12. The molecule has 0 radical (unpaired) electrons. The van der Waals surface area contributed by atoms with E-state index in [0.29, 0.717) is 22.7 Å². The van der Waals surface area contributed by atoms with E-state index >= 15 is 0 Å². The maximum atomic E-state index is 12.0. The second kappa shape index (κ2) is 9.85. The minimum Gasteiger partial charge on any atom is -0.484 e. The van der Waals surface area contributed by atoms with Gasteiger partial charge in [0.25, 0.3) is 11.8 Å². The van der Waals surface area contributed by atoms with Gasteiger partial charge >= 0.3 is 0 Å². The zero-order valence-electron chi connectivity index (χ0n) is 16.0. The summed E-state index contributed by atoms with van der Waals surface area (Å²) in [6.07, 6.45) is 0. The molecule has 0 aliphatic rings. The maximum Gasteiger partial charge on any atom is 0.271 e. The number of rotatable bonds is 7. The molecule has 0 spiro atoms. The van der Waals surface area contributed by atoms with E-state index in [0.717, 1.165) is 5.56 Å². The highest BCUT2D eigenvalue weighted by molar-refractivity contribution is 6.01. The van der Waals surface area contributed by atoms with E-state index in [2.05, 4.69) is 15.8 Å². The van der Waals surface area contributed by atoms with E-state index in [-0.39, 0.29) is 18.4 Å². The molecule has 0 heterocycles. The molecule has 0 unspecified atom stereocenters. The Morgan fingerprint density at radius 2 is 1.45 bits per heavy atom. The van der Waals surface area contributed by atoms with E-state index in [1.165, 1.54) is 0 Å². The molecule has 2 N–H and O–H groups in total. The topological polar surface area (TPSA) is 79.8 Å². The van der Waals surface area contributed by atoms with Gasteiger partial charge in [-0.15, -0.1) is 0 Å². The molecule has 29 heavy (non-hydrogen) atoms. The van der Waals surface area contributed by atoms with Crippen LogP contribution in [0, 0.1) is 0 Å². The zero-order valence-corrected chi connectivity index (χ0v) is 16.0. The summed E-state index contributed by atoms with van der Waals surface area (Å²) in [4.78, 5) is 24.1. The number of nitrogens with zero attached hydrogens (tertiary/aromatic N) is 1. The summed E-state index contributed by atoms with van der Waals surface area (Å²) in [5, 5.41) is 6.91. The van der Waals surface area contributed by atoms with E-state index in [1.807, 2.05) is 36.4 Å². The average Bonchev–Trinajstić information content (AvgIpc) is 2.77. The molecule has 3 rings (SSSR count). The normalized spacial score (nSPS) is 10.9. The van der Waals surface area contributed by atoms with Crippen molar-refractivity contribution in [2.75, 3.05) is 11.9 Å². The maximum absolute atomic E-state index is 12.0. The van der Waals surface area contributed by atoms with Gasteiger partial charge in [-0.3, -0.25) is 9.59 Å². The van der Waals surface area contributed by atoms with Crippen LogP contribution in [0.5, 0.6) is 5.75 Å². The van der Waals surface area contributed by atoms with E-state index < -0.39 is 0 Å². The zero-order chi connectivity index (χ0) is 20.5. The van der Waals surface area contributed by atoms with Gasteiger partial charge in [-0.25, -0.2) is 5.43 Å². The summed E-state index contributed by atoms with van der Waals surface area (Å²) >= 11 is 0. The number of nitrogens with one attached hydrogen (secondary N) is 2. The predicted octanol–water partition coefficient (Wildman–Crippen LogP) is 3.86. The van der Waals surface area contributed by atoms with Crippen molar-refractivity contribution in [1.82, 2.24) is 5.43 Å². The van der Waals surface area contributed by atoms with Gasteiger partial charge in [-0.05, 0) is 48.9 Å². The van der Waals surface area contributed by atoms with Gasteiger partial charge in [-0.2, -0.15) is 5.10 Å². The Hall–Kier alpha value is -3.93. The Labute approximate surface area is 169 Å². The molecule has 6 heteroatoms. The second-order valence-electron chi connectivity index (χ2n) is 6.23. The molecular formula is C23H21N3O3. The van der Waals surface area contributed by atoms with Crippen LogP contribution in [-0.2, 0) is 4.79 Å². The molecule has 3 aromatic rings. The highest BCUT2D eigenvalue weighted by Gasteiger charge is 2.06. The van der Waals surface area contributed by atoms with Crippen LogP contribution in [-0.4, -0.2) is 24.1 Å². The summed E-state index contributed by atoms with van der Waals surface area (Å²) in [6.45, 7) is 1.73. The first-order chi connectivity index (χ1) is 14.1. The van der Waals surface area contributed by atoms with E-state index in [1.54, 1.807) is 55.5 Å². The smallest absolute Gasteiger partial charge is 0.271 e. The van der Waals surface area contributed by atoms with Gasteiger partial charge in [0.2, 0.25) is 0 Å². The molecular weight excluding hydrogens is 366 g/mol. The van der Waals surface area contributed by atoms with E-state index in [9.17, 15) is 9.59 Å². The van der Waals surface area contributed by atoms with Crippen LogP contribution in [0.15, 0.2) is 90.0 Å². The van der Waals surface area contributed by atoms with Crippen molar-refractivity contribution >= 4 is 23.2 Å². The van der Waals surface area contributed by atoms with Gasteiger partial charge in [0.05, 0.1) is 5.71 Å². The number of hydrogen-bond acceptors (Lipinski definition) is 4. The Balaban J connectivity index is 1.52. The Morgan fingerprint density at radius 1 is 0.828 bits per heavy atom. The number of carbonyl (C=O) groups is 2. The largest absolute Gasteiger partial charge is 0.484 e. The van der Waals surface area contributed by atoms with Crippen molar-refractivity contribution in [3.05, 3.63) is 96.1 Å². The summed E-state index contributed by atoms with van der Waals surface area (Å²) in [7, 11) is 0. The Kier molecular flexibility index (Phi) is 6.73. The molecule has 2 amide bonds. The fourth-order valence-corrected chi connectivity index (χ4v) is 2.51. The van der Waals surface area contributed by atoms with Crippen molar-refractivity contribution in [2.45, 2.75) is 6.92 Å². The molecule has 146 valence electrons. The quantitative estimate of drug-likeness (QED) is 0.477. The van der Waals surface area contributed by atoms with Crippen molar-refractivity contribution in [2.24, 2.45) is 5.10 Å². The molecule has 3 aromatic carbocycles. The molecule has 0 aromatic heterocycles. The number of carbonyl (C=O) groups excluding carboxylic acids is 2. The lowest BCUT2D eigenvalue weighted by Crippen LogP contribution is -2.20. The van der Waals surface area contributed by atoms with Crippen LogP contribution in [0.25, 0.3) is 0 Å². The van der Waals surface area contributed by atoms with E-state index in [4.69, 9.17) is 4.74 Å². The minimum atomic E-state index is -0.271. The average molecular weight is 387 g/mol. The van der Waals surface area contributed by atoms with Gasteiger partial charge in [-0.1, -0.05) is 48.5 Å². The van der Waals surface area contributed by atoms with Crippen LogP contribution in [0.1, 0.15) is 22.8 Å². The fraction of sp³-hybridized carbons (Fsp3) is 0.0870. The first-order valence-electron chi connectivity index (χ1n) is 9.09. The number of para-hydroxylation sites is 1. The molecule has 6 nitrogen and oxygen atoms in total. The molecule has 0 aliphatic heterocycles. The number of amides is 2. The number of anilines is 1. The van der Waals surface area contributed by atoms with Crippen molar-refractivity contribution in [1.29, 1.82) is 0 Å². The summed E-state index contributed by atoms with van der Waals surface area (Å²) in [6, 6.07) is 25.2. The Morgan fingerprint density at radius 3 is 2.10 bits per heavy atom.